The number of rotatable bonds is 5. The molecule has 0 unspecified atom stereocenters. The second kappa shape index (κ2) is 7.89. The maximum atomic E-state index is 12.4. The van der Waals surface area contributed by atoms with E-state index in [0.717, 1.165) is 40.5 Å². The van der Waals surface area contributed by atoms with E-state index in [4.69, 9.17) is 9.47 Å². The van der Waals surface area contributed by atoms with Gasteiger partial charge < -0.3 is 19.4 Å². The molecule has 0 aliphatic carbocycles. The largest absolute Gasteiger partial charge is 0.461 e. The molecule has 0 amide bonds. The van der Waals surface area contributed by atoms with Gasteiger partial charge in [0.1, 0.15) is 0 Å². The van der Waals surface area contributed by atoms with Gasteiger partial charge in [0, 0.05) is 29.0 Å². The number of likely N-dealkylation sites (tertiary alicyclic amines) is 1. The zero-order chi connectivity index (χ0) is 19.7. The minimum Gasteiger partial charge on any atom is -0.461 e. The fraction of sp³-hybridized carbons (Fsp3) is 0.455. The molecule has 148 valence electrons. The Balaban J connectivity index is 1.86. The van der Waals surface area contributed by atoms with Crippen LogP contribution in [0.5, 0.6) is 0 Å². The molecule has 0 atom stereocenters. The molecular weight excluding hydrogens is 354 g/mol. The van der Waals surface area contributed by atoms with Crippen LogP contribution in [0.2, 0.25) is 0 Å². The van der Waals surface area contributed by atoms with Crippen LogP contribution in [0, 0.1) is 0 Å². The van der Waals surface area contributed by atoms with E-state index in [-0.39, 0.29) is 0 Å². The number of carbonyl (C=O) groups is 1. The average Bonchev–Trinajstić information content (AvgIpc) is 3.07. The van der Waals surface area contributed by atoms with E-state index in [1.165, 1.54) is 18.4 Å². The third-order valence-electron chi connectivity index (χ3n) is 5.71. The maximum absolute atomic E-state index is 12.4. The van der Waals surface area contributed by atoms with Crippen LogP contribution >= 0.6 is 0 Å². The van der Waals surface area contributed by atoms with Crippen LogP contribution in [0.3, 0.4) is 0 Å². The quantitative estimate of drug-likeness (QED) is 0.680. The Morgan fingerprint density at radius 1 is 1.29 bits per heavy atom. The third-order valence-corrected chi connectivity index (χ3v) is 5.71. The van der Waals surface area contributed by atoms with E-state index in [1.807, 2.05) is 0 Å². The number of pyridine rings is 1. The number of aromatic amines is 1. The molecule has 0 radical (unpaired) electrons. The maximum Gasteiger partial charge on any atom is 0.357 e. The van der Waals surface area contributed by atoms with Gasteiger partial charge in [-0.3, -0.25) is 0 Å². The van der Waals surface area contributed by atoms with Crippen molar-refractivity contribution in [1.82, 2.24) is 14.9 Å². The van der Waals surface area contributed by atoms with E-state index >= 15 is 0 Å². The minimum atomic E-state index is -0.405. The lowest BCUT2D eigenvalue weighted by Gasteiger charge is -2.29. The molecule has 0 saturated carbocycles. The number of aromatic nitrogens is 2. The van der Waals surface area contributed by atoms with Gasteiger partial charge in [0.2, 0.25) is 0 Å². The highest BCUT2D eigenvalue weighted by Gasteiger charge is 2.22. The zero-order valence-electron chi connectivity index (χ0n) is 16.7. The van der Waals surface area contributed by atoms with Gasteiger partial charge in [-0.2, -0.15) is 0 Å². The molecule has 1 N–H and O–H groups in total. The molecule has 1 aliphatic heterocycles. The number of hydrogen-bond acceptors (Lipinski definition) is 5. The topological polar surface area (TPSA) is 67.5 Å². The Morgan fingerprint density at radius 2 is 2.07 bits per heavy atom. The number of piperidine rings is 1. The molecule has 3 aromatic rings. The lowest BCUT2D eigenvalue weighted by atomic mass is 9.88. The Kier molecular flexibility index (Phi) is 5.33. The van der Waals surface area contributed by atoms with Crippen molar-refractivity contribution in [3.05, 3.63) is 41.2 Å². The molecule has 1 aliphatic rings. The first-order valence-corrected chi connectivity index (χ1v) is 9.90. The molecule has 3 heterocycles. The summed E-state index contributed by atoms with van der Waals surface area (Å²) in [6, 6.07) is 6.64. The van der Waals surface area contributed by atoms with Crippen LogP contribution in [-0.2, 0) is 16.1 Å². The summed E-state index contributed by atoms with van der Waals surface area (Å²) in [6.07, 6.45) is 4.06. The van der Waals surface area contributed by atoms with Gasteiger partial charge >= 0.3 is 5.97 Å². The number of nitrogens with zero attached hydrogens (tertiary/aromatic N) is 2. The fourth-order valence-electron chi connectivity index (χ4n) is 4.23. The number of ether oxygens (including phenoxy) is 2. The van der Waals surface area contributed by atoms with E-state index in [0.29, 0.717) is 24.8 Å². The van der Waals surface area contributed by atoms with E-state index in [2.05, 4.69) is 40.1 Å². The molecule has 4 rings (SSSR count). The number of methoxy groups -OCH3 is 1. The molecule has 2 aromatic heterocycles. The van der Waals surface area contributed by atoms with Crippen molar-refractivity contribution in [2.24, 2.45) is 0 Å². The van der Waals surface area contributed by atoms with Crippen LogP contribution in [0.25, 0.3) is 21.8 Å². The summed E-state index contributed by atoms with van der Waals surface area (Å²) in [5.74, 6) is 0.167. The van der Waals surface area contributed by atoms with Crippen molar-refractivity contribution < 1.29 is 14.3 Å². The normalized spacial score (nSPS) is 16.1. The van der Waals surface area contributed by atoms with Crippen molar-refractivity contribution in [1.29, 1.82) is 0 Å². The Bertz CT molecular complexity index is 1000. The second-order valence-corrected chi connectivity index (χ2v) is 7.54. The zero-order valence-corrected chi connectivity index (χ0v) is 16.7. The van der Waals surface area contributed by atoms with Crippen molar-refractivity contribution in [3.63, 3.8) is 0 Å². The summed E-state index contributed by atoms with van der Waals surface area (Å²) in [6.45, 7) is 4.68. The van der Waals surface area contributed by atoms with Crippen molar-refractivity contribution >= 4 is 27.8 Å². The lowest BCUT2D eigenvalue weighted by molar-refractivity contribution is 0.0514. The summed E-state index contributed by atoms with van der Waals surface area (Å²) in [4.78, 5) is 22.6. The SMILES string of the molecule is CCOC(=O)c1ncc2[nH]c3ccc(C4CCN(C)CC4)cc3c2c1COC. The number of hydrogen-bond donors (Lipinski definition) is 1. The highest BCUT2D eigenvalue weighted by atomic mass is 16.5. The fourth-order valence-corrected chi connectivity index (χ4v) is 4.23. The van der Waals surface area contributed by atoms with Crippen molar-refractivity contribution in [2.45, 2.75) is 32.3 Å². The number of fused-ring (bicyclic) bond motifs is 3. The summed E-state index contributed by atoms with van der Waals surface area (Å²) >= 11 is 0. The predicted molar refractivity (Wildman–Crippen MR) is 110 cm³/mol. The molecule has 6 nitrogen and oxygen atoms in total. The molecule has 6 heteroatoms. The smallest absolute Gasteiger partial charge is 0.357 e. The number of H-pyrrole nitrogens is 1. The van der Waals surface area contributed by atoms with Crippen molar-refractivity contribution in [2.75, 3.05) is 33.9 Å². The highest BCUT2D eigenvalue weighted by molar-refractivity contribution is 6.11. The summed E-state index contributed by atoms with van der Waals surface area (Å²) in [7, 11) is 3.81. The molecule has 1 saturated heterocycles. The molecule has 1 aromatic carbocycles. The Labute approximate surface area is 164 Å². The van der Waals surface area contributed by atoms with Crippen LogP contribution in [-0.4, -0.2) is 54.7 Å². The van der Waals surface area contributed by atoms with Crippen LogP contribution in [0.4, 0.5) is 0 Å². The van der Waals surface area contributed by atoms with E-state index < -0.39 is 5.97 Å². The van der Waals surface area contributed by atoms with Crippen LogP contribution < -0.4 is 0 Å². The first-order valence-electron chi connectivity index (χ1n) is 9.90. The number of carbonyl (C=O) groups excluding carboxylic acids is 1. The first-order chi connectivity index (χ1) is 13.6. The van der Waals surface area contributed by atoms with Crippen molar-refractivity contribution in [3.8, 4) is 0 Å². The van der Waals surface area contributed by atoms with Gasteiger partial charge in [-0.05, 0) is 63.5 Å². The van der Waals surface area contributed by atoms with E-state index in [9.17, 15) is 4.79 Å². The molecule has 1 fully saturated rings. The van der Waals surface area contributed by atoms with Crippen LogP contribution in [0.15, 0.2) is 24.4 Å². The number of esters is 1. The van der Waals surface area contributed by atoms with E-state index in [1.54, 1.807) is 20.2 Å². The molecule has 28 heavy (non-hydrogen) atoms. The second-order valence-electron chi connectivity index (χ2n) is 7.54. The average molecular weight is 381 g/mol. The molecular formula is C22H27N3O3. The lowest BCUT2D eigenvalue weighted by Crippen LogP contribution is -2.29. The van der Waals surface area contributed by atoms with Gasteiger partial charge in [0.05, 0.1) is 24.9 Å². The highest BCUT2D eigenvalue weighted by Crippen LogP contribution is 2.35. The van der Waals surface area contributed by atoms with Gasteiger partial charge in [0.25, 0.3) is 0 Å². The van der Waals surface area contributed by atoms with Gasteiger partial charge in [-0.1, -0.05) is 6.07 Å². The third kappa shape index (κ3) is 3.38. The van der Waals surface area contributed by atoms with Crippen LogP contribution in [0.1, 0.15) is 47.3 Å². The number of benzene rings is 1. The van der Waals surface area contributed by atoms with Gasteiger partial charge in [-0.15, -0.1) is 0 Å². The summed E-state index contributed by atoms with van der Waals surface area (Å²) < 4.78 is 10.6. The summed E-state index contributed by atoms with van der Waals surface area (Å²) in [5.41, 5.74) is 4.44. The predicted octanol–water partition coefficient (Wildman–Crippen LogP) is 3.85. The Hall–Kier alpha value is -2.44. The number of nitrogens with one attached hydrogen (secondary N) is 1. The molecule has 0 spiro atoms. The summed E-state index contributed by atoms with van der Waals surface area (Å²) in [5, 5.41) is 2.12. The first kappa shape index (κ1) is 18.9. The molecule has 0 bridgehead atoms. The van der Waals surface area contributed by atoms with Gasteiger partial charge in [0.15, 0.2) is 5.69 Å². The Morgan fingerprint density at radius 3 is 2.79 bits per heavy atom. The minimum absolute atomic E-state index is 0.309. The monoisotopic (exact) mass is 381 g/mol. The standard InChI is InChI=1S/C22H27N3O3/c1-4-28-22(26)21-17(13-27-3)20-16-11-15(14-7-9-25(2)10-8-14)5-6-18(16)24-19(20)12-23-21/h5-6,11-12,14,24H,4,7-10,13H2,1-3H3. The van der Waals surface area contributed by atoms with Gasteiger partial charge in [-0.25, -0.2) is 9.78 Å².